The van der Waals surface area contributed by atoms with Gasteiger partial charge in [-0.2, -0.15) is 0 Å². The molecule has 0 spiro atoms. The molecule has 0 aromatic heterocycles. The lowest BCUT2D eigenvalue weighted by atomic mass is 10.2. The Morgan fingerprint density at radius 3 is 1.90 bits per heavy atom. The van der Waals surface area contributed by atoms with Crippen molar-refractivity contribution in [2.24, 2.45) is 0 Å². The van der Waals surface area contributed by atoms with Crippen molar-refractivity contribution >= 4 is 21.2 Å². The van der Waals surface area contributed by atoms with E-state index < -0.39 is 9.36 Å². The SMILES string of the molecule is CCCO[SiH](N1CCCCCC1=O)N1CCCCCC1=O. The molecule has 0 radical (unpaired) electrons. The molecule has 0 aromatic carbocycles. The summed E-state index contributed by atoms with van der Waals surface area (Å²) < 4.78 is 9.94. The summed E-state index contributed by atoms with van der Waals surface area (Å²) in [5.41, 5.74) is 0. The van der Waals surface area contributed by atoms with E-state index in [1.165, 1.54) is 0 Å². The van der Waals surface area contributed by atoms with Crippen LogP contribution in [-0.2, 0) is 14.0 Å². The maximum atomic E-state index is 12.4. The number of hydrogen-bond donors (Lipinski definition) is 0. The van der Waals surface area contributed by atoms with Crippen LogP contribution in [0.1, 0.15) is 64.7 Å². The summed E-state index contributed by atoms with van der Waals surface area (Å²) in [6.45, 7) is 4.25. The molecule has 0 aromatic rings. The van der Waals surface area contributed by atoms with Crippen LogP contribution in [-0.4, -0.2) is 50.0 Å². The zero-order chi connectivity index (χ0) is 15.1. The average Bonchev–Trinajstić information content (AvgIpc) is 2.81. The lowest BCUT2D eigenvalue weighted by Crippen LogP contribution is -2.58. The molecule has 2 saturated heterocycles. The molecular formula is C15H28N2O3Si. The summed E-state index contributed by atoms with van der Waals surface area (Å²) >= 11 is 0. The summed E-state index contributed by atoms with van der Waals surface area (Å²) in [7, 11) is -2.12. The smallest absolute Gasteiger partial charge is 0.385 e. The molecule has 2 amide bonds. The van der Waals surface area contributed by atoms with Crippen molar-refractivity contribution in [3.63, 3.8) is 0 Å². The van der Waals surface area contributed by atoms with E-state index in [1.807, 2.05) is 9.13 Å². The molecule has 21 heavy (non-hydrogen) atoms. The maximum Gasteiger partial charge on any atom is 0.407 e. The summed E-state index contributed by atoms with van der Waals surface area (Å²) in [6.07, 6.45) is 8.36. The molecule has 6 heteroatoms. The third-order valence-corrected chi connectivity index (χ3v) is 6.92. The topological polar surface area (TPSA) is 49.9 Å². The second-order valence-electron chi connectivity index (χ2n) is 5.99. The molecule has 0 atom stereocenters. The Kier molecular flexibility index (Phi) is 6.70. The lowest BCUT2D eigenvalue weighted by molar-refractivity contribution is -0.130. The number of rotatable bonds is 5. The van der Waals surface area contributed by atoms with Gasteiger partial charge in [0.15, 0.2) is 0 Å². The fourth-order valence-electron chi connectivity index (χ4n) is 3.05. The van der Waals surface area contributed by atoms with Crippen LogP contribution in [0, 0.1) is 0 Å². The van der Waals surface area contributed by atoms with Crippen LogP contribution < -0.4 is 0 Å². The quantitative estimate of drug-likeness (QED) is 0.729. The predicted molar refractivity (Wildman–Crippen MR) is 83.8 cm³/mol. The molecule has 2 heterocycles. The van der Waals surface area contributed by atoms with Gasteiger partial charge in [0.05, 0.1) is 0 Å². The molecule has 0 N–H and O–H groups in total. The van der Waals surface area contributed by atoms with Gasteiger partial charge >= 0.3 is 9.36 Å². The molecular weight excluding hydrogens is 284 g/mol. The van der Waals surface area contributed by atoms with Gasteiger partial charge in [0.1, 0.15) is 0 Å². The number of carbonyl (C=O) groups is 2. The predicted octanol–water partition coefficient (Wildman–Crippen LogP) is 1.94. The highest BCUT2D eigenvalue weighted by Crippen LogP contribution is 2.19. The molecule has 5 nitrogen and oxygen atoms in total. The van der Waals surface area contributed by atoms with Crippen LogP contribution in [0.2, 0.25) is 0 Å². The summed E-state index contributed by atoms with van der Waals surface area (Å²) in [4.78, 5) is 24.8. The van der Waals surface area contributed by atoms with Gasteiger partial charge in [0, 0.05) is 32.5 Å². The Balaban J connectivity index is 2.14. The van der Waals surface area contributed by atoms with Gasteiger partial charge in [0.25, 0.3) is 0 Å². The van der Waals surface area contributed by atoms with Gasteiger partial charge in [-0.25, -0.2) is 0 Å². The highest BCUT2D eigenvalue weighted by molar-refractivity contribution is 6.52. The summed E-state index contributed by atoms with van der Waals surface area (Å²) in [5.74, 6) is 0.384. The first-order valence-corrected chi connectivity index (χ1v) is 9.95. The normalized spacial score (nSPS) is 21.6. The average molecular weight is 312 g/mol. The van der Waals surface area contributed by atoms with Crippen LogP contribution in [0.15, 0.2) is 0 Å². The van der Waals surface area contributed by atoms with Crippen molar-refractivity contribution in [1.29, 1.82) is 0 Å². The van der Waals surface area contributed by atoms with E-state index in [0.29, 0.717) is 19.4 Å². The standard InChI is InChI=1S/C15H28N2O3Si/c1-2-13-20-21(16-11-7-3-5-9-14(16)18)17-12-8-4-6-10-15(17)19/h21H,2-13H2,1H3. The Morgan fingerprint density at radius 2 is 1.43 bits per heavy atom. The molecule has 0 saturated carbocycles. The Bertz CT molecular complexity index is 335. The second-order valence-corrected chi connectivity index (χ2v) is 8.23. The fourth-order valence-corrected chi connectivity index (χ4v) is 5.75. The number of nitrogens with zero attached hydrogens (tertiary/aromatic N) is 2. The van der Waals surface area contributed by atoms with Gasteiger partial charge in [-0.15, -0.1) is 0 Å². The number of carbonyl (C=O) groups excluding carboxylic acids is 2. The van der Waals surface area contributed by atoms with E-state index >= 15 is 0 Å². The molecule has 0 unspecified atom stereocenters. The lowest BCUT2D eigenvalue weighted by Gasteiger charge is -2.36. The fraction of sp³-hybridized carbons (Fsp3) is 0.867. The number of hydrogen-bond acceptors (Lipinski definition) is 3. The van der Waals surface area contributed by atoms with E-state index in [9.17, 15) is 9.59 Å². The van der Waals surface area contributed by atoms with Crippen molar-refractivity contribution in [2.75, 3.05) is 19.7 Å². The van der Waals surface area contributed by atoms with Crippen molar-refractivity contribution in [1.82, 2.24) is 9.13 Å². The molecule has 120 valence electrons. The molecule has 0 bridgehead atoms. The van der Waals surface area contributed by atoms with Gasteiger partial charge in [0.2, 0.25) is 11.8 Å². The third kappa shape index (κ3) is 4.54. The van der Waals surface area contributed by atoms with Gasteiger partial charge in [-0.3, -0.25) is 9.59 Å². The van der Waals surface area contributed by atoms with E-state index in [0.717, 1.165) is 58.0 Å². The van der Waals surface area contributed by atoms with Crippen molar-refractivity contribution < 1.29 is 14.0 Å². The Labute approximate surface area is 129 Å². The zero-order valence-corrected chi connectivity index (χ0v) is 14.3. The van der Waals surface area contributed by atoms with Gasteiger partial charge in [-0.1, -0.05) is 19.8 Å². The Morgan fingerprint density at radius 1 is 0.905 bits per heavy atom. The molecule has 2 fully saturated rings. The van der Waals surface area contributed by atoms with Crippen LogP contribution in [0.4, 0.5) is 0 Å². The minimum Gasteiger partial charge on any atom is -0.385 e. The molecule has 2 rings (SSSR count). The van der Waals surface area contributed by atoms with Crippen molar-refractivity contribution in [3.05, 3.63) is 0 Å². The minimum absolute atomic E-state index is 0.192. The Hall–Kier alpha value is -0.883. The highest BCUT2D eigenvalue weighted by Gasteiger charge is 2.36. The first-order chi connectivity index (χ1) is 10.2. The first-order valence-electron chi connectivity index (χ1n) is 8.44. The van der Waals surface area contributed by atoms with Crippen LogP contribution in [0.25, 0.3) is 0 Å². The zero-order valence-electron chi connectivity index (χ0n) is 13.2. The second kappa shape index (κ2) is 8.53. The summed E-state index contributed by atoms with van der Waals surface area (Å²) in [5, 5.41) is 0. The molecule has 2 aliphatic heterocycles. The van der Waals surface area contributed by atoms with E-state index in [2.05, 4.69) is 6.92 Å². The largest absolute Gasteiger partial charge is 0.407 e. The number of amides is 2. The van der Waals surface area contributed by atoms with Crippen LogP contribution >= 0.6 is 0 Å². The van der Waals surface area contributed by atoms with Gasteiger partial charge < -0.3 is 13.6 Å². The summed E-state index contributed by atoms with van der Waals surface area (Å²) in [6, 6.07) is 0. The van der Waals surface area contributed by atoms with Gasteiger partial charge in [-0.05, 0) is 32.1 Å². The maximum absolute atomic E-state index is 12.4. The van der Waals surface area contributed by atoms with E-state index in [-0.39, 0.29) is 11.8 Å². The molecule has 0 aliphatic carbocycles. The van der Waals surface area contributed by atoms with Crippen molar-refractivity contribution in [3.8, 4) is 0 Å². The third-order valence-electron chi connectivity index (χ3n) is 4.22. The van der Waals surface area contributed by atoms with Crippen molar-refractivity contribution in [2.45, 2.75) is 64.7 Å². The molecule has 2 aliphatic rings. The van der Waals surface area contributed by atoms with Crippen LogP contribution in [0.3, 0.4) is 0 Å². The highest BCUT2D eigenvalue weighted by atomic mass is 28.3. The monoisotopic (exact) mass is 312 g/mol. The van der Waals surface area contributed by atoms with E-state index in [4.69, 9.17) is 4.43 Å². The minimum atomic E-state index is -2.12. The van der Waals surface area contributed by atoms with E-state index in [1.54, 1.807) is 0 Å². The first kappa shape index (κ1) is 16.5. The van der Waals surface area contributed by atoms with Crippen LogP contribution in [0.5, 0.6) is 0 Å².